The maximum absolute atomic E-state index is 12.3. The van der Waals surface area contributed by atoms with E-state index >= 15 is 0 Å². The zero-order valence-electron chi connectivity index (χ0n) is 14.1. The van der Waals surface area contributed by atoms with Gasteiger partial charge in [0.25, 0.3) is 0 Å². The second kappa shape index (κ2) is 8.02. The zero-order valence-corrected chi connectivity index (χ0v) is 14.1. The van der Waals surface area contributed by atoms with Crippen molar-refractivity contribution in [2.45, 2.75) is 6.92 Å². The van der Waals surface area contributed by atoms with E-state index in [-0.39, 0.29) is 5.78 Å². The van der Waals surface area contributed by atoms with E-state index in [9.17, 15) is 4.79 Å². The Morgan fingerprint density at radius 2 is 1.52 bits per heavy atom. The van der Waals surface area contributed by atoms with E-state index in [0.717, 1.165) is 22.4 Å². The minimum absolute atomic E-state index is 0.0122. The van der Waals surface area contributed by atoms with E-state index < -0.39 is 0 Å². The van der Waals surface area contributed by atoms with Gasteiger partial charge in [-0.1, -0.05) is 78.4 Å². The molecule has 0 saturated heterocycles. The molecule has 0 heterocycles. The lowest BCUT2D eigenvalue weighted by molar-refractivity contribution is 0.104. The van der Waals surface area contributed by atoms with E-state index in [1.807, 2.05) is 98.1 Å². The molecule has 0 aromatic heterocycles. The number of para-hydroxylation sites is 1. The molecule has 0 unspecified atom stereocenters. The topological polar surface area (TPSA) is 29.4 Å². The van der Waals surface area contributed by atoms with Crippen LogP contribution >= 0.6 is 0 Å². The molecule has 0 aliphatic rings. The van der Waals surface area contributed by atoms with E-state index in [4.69, 9.17) is 0 Å². The zero-order chi connectivity index (χ0) is 17.5. The average molecular weight is 325 g/mol. The van der Waals surface area contributed by atoms with Gasteiger partial charge in [0.15, 0.2) is 5.78 Å². The Balaban J connectivity index is 1.80. The molecule has 0 N–H and O–H groups in total. The summed E-state index contributed by atoms with van der Waals surface area (Å²) >= 11 is 0. The largest absolute Gasteiger partial charge is 0.289 e. The first kappa shape index (κ1) is 16.6. The molecule has 0 fully saturated rings. The minimum atomic E-state index is -0.0122. The van der Waals surface area contributed by atoms with Crippen LogP contribution in [0.5, 0.6) is 0 Å². The van der Waals surface area contributed by atoms with E-state index in [0.29, 0.717) is 5.56 Å². The molecule has 0 amide bonds. The van der Waals surface area contributed by atoms with Gasteiger partial charge < -0.3 is 0 Å². The highest BCUT2D eigenvalue weighted by Crippen LogP contribution is 2.20. The van der Waals surface area contributed by atoms with Crippen LogP contribution in [-0.2, 0) is 0 Å². The first-order valence-corrected chi connectivity index (χ1v) is 8.19. The lowest BCUT2D eigenvalue weighted by Crippen LogP contribution is -1.93. The fraction of sp³-hybridized carbons (Fsp3) is 0.0435. The van der Waals surface area contributed by atoms with Crippen LogP contribution < -0.4 is 0 Å². The molecular formula is C23H19NO. The van der Waals surface area contributed by atoms with Gasteiger partial charge in [-0.3, -0.25) is 9.79 Å². The highest BCUT2D eigenvalue weighted by Gasteiger charge is 2.02. The predicted octanol–water partition coefficient (Wildman–Crippen LogP) is 5.64. The number of hydrogen-bond acceptors (Lipinski definition) is 2. The first-order valence-electron chi connectivity index (χ1n) is 8.19. The third-order valence-corrected chi connectivity index (χ3v) is 3.84. The summed E-state index contributed by atoms with van der Waals surface area (Å²) in [5, 5.41) is 0. The quantitative estimate of drug-likeness (QED) is 0.339. The van der Waals surface area contributed by atoms with Gasteiger partial charge in [-0.25, -0.2) is 0 Å². The standard InChI is InChI=1S/C23H19NO/c1-18-11-13-21(14-12-18)23(25)16-15-20-9-5-6-10-22(20)24-17-19-7-3-2-4-8-19/h2-17H,1H3/b16-15+,24-17?. The third kappa shape index (κ3) is 4.61. The van der Waals surface area contributed by atoms with Crippen LogP contribution in [0.15, 0.2) is 89.9 Å². The lowest BCUT2D eigenvalue weighted by atomic mass is 10.1. The van der Waals surface area contributed by atoms with E-state index in [1.54, 1.807) is 6.08 Å². The lowest BCUT2D eigenvalue weighted by Gasteiger charge is -2.01. The van der Waals surface area contributed by atoms with Gasteiger partial charge >= 0.3 is 0 Å². The van der Waals surface area contributed by atoms with Gasteiger partial charge in [0.1, 0.15) is 0 Å². The monoisotopic (exact) mass is 325 g/mol. The number of carbonyl (C=O) groups is 1. The molecule has 3 aromatic rings. The van der Waals surface area contributed by atoms with Crippen LogP contribution in [0.4, 0.5) is 5.69 Å². The summed E-state index contributed by atoms with van der Waals surface area (Å²) < 4.78 is 0. The predicted molar refractivity (Wildman–Crippen MR) is 105 cm³/mol. The highest BCUT2D eigenvalue weighted by molar-refractivity contribution is 6.07. The summed E-state index contributed by atoms with van der Waals surface area (Å²) in [7, 11) is 0. The molecule has 2 heteroatoms. The fourth-order valence-corrected chi connectivity index (χ4v) is 2.41. The Morgan fingerprint density at radius 3 is 2.28 bits per heavy atom. The van der Waals surface area contributed by atoms with Gasteiger partial charge in [0.05, 0.1) is 5.69 Å². The number of carbonyl (C=O) groups excluding carboxylic acids is 1. The molecule has 0 bridgehead atoms. The Bertz CT molecular complexity index is 906. The van der Waals surface area contributed by atoms with Crippen LogP contribution in [0.25, 0.3) is 6.08 Å². The van der Waals surface area contributed by atoms with Crippen LogP contribution in [0.3, 0.4) is 0 Å². The number of allylic oxidation sites excluding steroid dienone is 1. The van der Waals surface area contributed by atoms with E-state index in [2.05, 4.69) is 4.99 Å². The third-order valence-electron chi connectivity index (χ3n) is 3.84. The highest BCUT2D eigenvalue weighted by atomic mass is 16.1. The molecule has 0 atom stereocenters. The Labute approximate surface area is 148 Å². The first-order chi connectivity index (χ1) is 12.2. The number of aryl methyl sites for hydroxylation is 1. The molecule has 3 aromatic carbocycles. The van der Waals surface area contributed by atoms with Gasteiger partial charge in [-0.2, -0.15) is 0 Å². The summed E-state index contributed by atoms with van der Waals surface area (Å²) in [6.45, 7) is 2.01. The van der Waals surface area contributed by atoms with Crippen molar-refractivity contribution >= 4 is 23.8 Å². The summed E-state index contributed by atoms with van der Waals surface area (Å²) in [5.74, 6) is -0.0122. The van der Waals surface area contributed by atoms with Crippen molar-refractivity contribution in [1.29, 1.82) is 0 Å². The number of ketones is 1. The minimum Gasteiger partial charge on any atom is -0.289 e. The molecule has 0 radical (unpaired) electrons. The molecule has 2 nitrogen and oxygen atoms in total. The summed E-state index contributed by atoms with van der Waals surface area (Å²) in [4.78, 5) is 16.8. The van der Waals surface area contributed by atoms with E-state index in [1.165, 1.54) is 0 Å². The SMILES string of the molecule is Cc1ccc(C(=O)/C=C/c2ccccc2N=Cc2ccccc2)cc1. The molecule has 3 rings (SSSR count). The fourth-order valence-electron chi connectivity index (χ4n) is 2.41. The Hall–Kier alpha value is -3.26. The van der Waals surface area contributed by atoms with Gasteiger partial charge in [0, 0.05) is 17.3 Å². The maximum atomic E-state index is 12.3. The van der Waals surface area contributed by atoms with Crippen molar-refractivity contribution in [3.63, 3.8) is 0 Å². The number of hydrogen-bond donors (Lipinski definition) is 0. The molecule has 0 saturated carbocycles. The Morgan fingerprint density at radius 1 is 0.840 bits per heavy atom. The molecule has 0 spiro atoms. The van der Waals surface area contributed by atoms with Crippen molar-refractivity contribution in [2.75, 3.05) is 0 Å². The maximum Gasteiger partial charge on any atom is 0.185 e. The van der Waals surface area contributed by atoms with Gasteiger partial charge in [-0.15, -0.1) is 0 Å². The number of nitrogens with zero attached hydrogens (tertiary/aromatic N) is 1. The second-order valence-electron chi connectivity index (χ2n) is 5.79. The van der Waals surface area contributed by atoms with Crippen molar-refractivity contribution in [2.24, 2.45) is 4.99 Å². The Kier molecular flexibility index (Phi) is 5.32. The van der Waals surface area contributed by atoms with Gasteiger partial charge in [0.2, 0.25) is 0 Å². The number of aliphatic imine (C=N–C) groups is 1. The molecule has 25 heavy (non-hydrogen) atoms. The molecule has 0 aliphatic carbocycles. The van der Waals surface area contributed by atoms with Gasteiger partial charge in [-0.05, 0) is 30.7 Å². The molecule has 122 valence electrons. The van der Waals surface area contributed by atoms with Crippen molar-refractivity contribution in [3.8, 4) is 0 Å². The second-order valence-corrected chi connectivity index (χ2v) is 5.79. The van der Waals surface area contributed by atoms with Crippen LogP contribution in [-0.4, -0.2) is 12.0 Å². The van der Waals surface area contributed by atoms with Crippen molar-refractivity contribution < 1.29 is 4.79 Å². The molecule has 0 aliphatic heterocycles. The number of rotatable bonds is 5. The summed E-state index contributed by atoms with van der Waals surface area (Å²) in [6.07, 6.45) is 5.25. The molecular weight excluding hydrogens is 306 g/mol. The average Bonchev–Trinajstić information content (AvgIpc) is 2.66. The number of benzene rings is 3. The van der Waals surface area contributed by atoms with Crippen LogP contribution in [0, 0.1) is 6.92 Å². The summed E-state index contributed by atoms with van der Waals surface area (Å²) in [6, 6.07) is 25.3. The van der Waals surface area contributed by atoms with Crippen LogP contribution in [0.2, 0.25) is 0 Å². The van der Waals surface area contributed by atoms with Crippen molar-refractivity contribution in [3.05, 3.63) is 107 Å². The van der Waals surface area contributed by atoms with Crippen LogP contribution in [0.1, 0.15) is 27.0 Å². The normalized spacial score (nSPS) is 11.2. The summed E-state index contributed by atoms with van der Waals surface area (Å²) in [5.41, 5.74) is 4.61. The smallest absolute Gasteiger partial charge is 0.185 e. The van der Waals surface area contributed by atoms with Crippen molar-refractivity contribution in [1.82, 2.24) is 0 Å².